The van der Waals surface area contributed by atoms with E-state index in [0.717, 1.165) is 10.0 Å². The second kappa shape index (κ2) is 8.94. The number of anilines is 1. The quantitative estimate of drug-likeness (QED) is 0.490. The van der Waals surface area contributed by atoms with Gasteiger partial charge in [-0.1, -0.05) is 40.2 Å². The molecule has 0 bridgehead atoms. The number of para-hydroxylation sites is 2. The van der Waals surface area contributed by atoms with E-state index in [1.165, 1.54) is 24.3 Å². The average Bonchev–Trinajstić information content (AvgIpc) is 3.14. The molecule has 2 N–H and O–H groups in total. The van der Waals surface area contributed by atoms with Gasteiger partial charge in [0.05, 0.1) is 5.69 Å². The van der Waals surface area contributed by atoms with Crippen LogP contribution in [0.3, 0.4) is 0 Å². The minimum absolute atomic E-state index is 0.0548. The highest BCUT2D eigenvalue weighted by Gasteiger charge is 2.15. The van der Waals surface area contributed by atoms with Crippen LogP contribution < -0.4 is 15.4 Å². The molecular weight excluding hydrogens is 454 g/mol. The lowest BCUT2D eigenvalue weighted by atomic mass is 10.2. The molecule has 2 aromatic carbocycles. The Bertz CT molecular complexity index is 993. The van der Waals surface area contributed by atoms with Gasteiger partial charge >= 0.3 is 6.61 Å². The zero-order chi connectivity index (χ0) is 20.1. The Labute approximate surface area is 172 Å². The third-order valence-corrected chi connectivity index (χ3v) is 4.27. The number of halogens is 3. The summed E-state index contributed by atoms with van der Waals surface area (Å²) in [6.45, 7) is -2.98. The molecule has 0 aliphatic heterocycles. The maximum Gasteiger partial charge on any atom is 0.387 e. The van der Waals surface area contributed by atoms with Crippen LogP contribution in [0, 0.1) is 0 Å². The number of rotatable bonds is 5. The van der Waals surface area contributed by atoms with Gasteiger partial charge in [-0.25, -0.2) is 0 Å². The Morgan fingerprint density at radius 1 is 1.07 bits per heavy atom. The molecule has 0 spiro atoms. The highest BCUT2D eigenvalue weighted by atomic mass is 79.9. The number of furan rings is 1. The zero-order valence-electron chi connectivity index (χ0n) is 14.1. The molecule has 3 aromatic rings. The molecule has 144 valence electrons. The number of thiocarbonyl (C=S) groups is 1. The van der Waals surface area contributed by atoms with Crippen molar-refractivity contribution in [3.63, 3.8) is 0 Å². The summed E-state index contributed by atoms with van der Waals surface area (Å²) in [6.07, 6.45) is 0. The van der Waals surface area contributed by atoms with Crippen molar-refractivity contribution in [2.45, 2.75) is 6.61 Å². The Kier molecular flexibility index (Phi) is 6.37. The van der Waals surface area contributed by atoms with Crippen molar-refractivity contribution in [3.8, 4) is 17.1 Å². The summed E-state index contributed by atoms with van der Waals surface area (Å²) >= 11 is 8.42. The SMILES string of the molecule is O=C(NC(=S)Nc1ccccc1OC(F)F)c1ccc(-c2ccc(Br)cc2)o1. The van der Waals surface area contributed by atoms with Crippen LogP contribution >= 0.6 is 28.1 Å². The van der Waals surface area contributed by atoms with Crippen LogP contribution in [0.5, 0.6) is 5.75 Å². The Balaban J connectivity index is 1.65. The minimum atomic E-state index is -2.98. The summed E-state index contributed by atoms with van der Waals surface area (Å²) in [5.74, 6) is -0.0934. The second-order valence-corrected chi connectivity index (χ2v) is 6.78. The van der Waals surface area contributed by atoms with Crippen molar-refractivity contribution in [1.29, 1.82) is 0 Å². The molecule has 0 radical (unpaired) electrons. The van der Waals surface area contributed by atoms with E-state index in [0.29, 0.717) is 5.76 Å². The van der Waals surface area contributed by atoms with Crippen molar-refractivity contribution >= 4 is 44.9 Å². The molecule has 1 amide bonds. The molecule has 0 fully saturated rings. The number of benzene rings is 2. The number of hydrogen-bond acceptors (Lipinski definition) is 4. The van der Waals surface area contributed by atoms with Crippen LogP contribution in [0.4, 0.5) is 14.5 Å². The van der Waals surface area contributed by atoms with Gasteiger partial charge in [0.1, 0.15) is 11.5 Å². The maximum atomic E-state index is 12.5. The number of carbonyl (C=O) groups excluding carboxylic acids is 1. The van der Waals surface area contributed by atoms with E-state index in [1.807, 2.05) is 24.3 Å². The molecule has 0 unspecified atom stereocenters. The molecule has 9 heteroatoms. The van der Waals surface area contributed by atoms with E-state index in [1.54, 1.807) is 12.1 Å². The summed E-state index contributed by atoms with van der Waals surface area (Å²) in [4.78, 5) is 12.3. The Morgan fingerprint density at radius 2 is 1.79 bits per heavy atom. The van der Waals surface area contributed by atoms with Crippen LogP contribution in [0.25, 0.3) is 11.3 Å². The maximum absolute atomic E-state index is 12.5. The van der Waals surface area contributed by atoms with Gasteiger partial charge in [0.25, 0.3) is 5.91 Å². The number of alkyl halides is 2. The molecule has 5 nitrogen and oxygen atoms in total. The van der Waals surface area contributed by atoms with Crippen LogP contribution in [-0.2, 0) is 0 Å². The van der Waals surface area contributed by atoms with E-state index >= 15 is 0 Å². The van der Waals surface area contributed by atoms with Gasteiger partial charge in [-0.05, 0) is 48.6 Å². The molecule has 0 aliphatic rings. The monoisotopic (exact) mass is 466 g/mol. The highest BCUT2D eigenvalue weighted by molar-refractivity contribution is 9.10. The van der Waals surface area contributed by atoms with Crippen molar-refractivity contribution in [3.05, 3.63) is 70.9 Å². The van der Waals surface area contributed by atoms with Gasteiger partial charge in [-0.3, -0.25) is 10.1 Å². The zero-order valence-corrected chi connectivity index (χ0v) is 16.5. The Morgan fingerprint density at radius 3 is 2.50 bits per heavy atom. The van der Waals surface area contributed by atoms with Crippen molar-refractivity contribution in [2.75, 3.05) is 5.32 Å². The molecule has 28 heavy (non-hydrogen) atoms. The van der Waals surface area contributed by atoms with E-state index in [9.17, 15) is 13.6 Å². The molecule has 0 saturated carbocycles. The third kappa shape index (κ3) is 5.14. The molecular formula is C19H13BrF2N2O3S. The smallest absolute Gasteiger partial charge is 0.387 e. The number of carbonyl (C=O) groups is 1. The number of nitrogens with one attached hydrogen (secondary N) is 2. The van der Waals surface area contributed by atoms with Gasteiger partial charge in [0.15, 0.2) is 10.9 Å². The van der Waals surface area contributed by atoms with Gasteiger partial charge in [0.2, 0.25) is 0 Å². The van der Waals surface area contributed by atoms with Crippen molar-refractivity contribution in [1.82, 2.24) is 5.32 Å². The van der Waals surface area contributed by atoms with Crippen LogP contribution in [0.2, 0.25) is 0 Å². The minimum Gasteiger partial charge on any atom is -0.451 e. The van der Waals surface area contributed by atoms with Crippen molar-refractivity contribution in [2.24, 2.45) is 0 Å². The molecule has 1 aromatic heterocycles. The first-order chi connectivity index (χ1) is 13.4. The first-order valence-electron chi connectivity index (χ1n) is 7.94. The van der Waals surface area contributed by atoms with Crippen molar-refractivity contribution < 1.29 is 22.7 Å². The predicted molar refractivity (Wildman–Crippen MR) is 109 cm³/mol. The number of hydrogen-bond donors (Lipinski definition) is 2. The van der Waals surface area contributed by atoms with Gasteiger partial charge < -0.3 is 14.5 Å². The fourth-order valence-electron chi connectivity index (χ4n) is 2.32. The summed E-state index contributed by atoms with van der Waals surface area (Å²) in [5.41, 5.74) is 1.00. The number of ether oxygens (including phenoxy) is 1. The topological polar surface area (TPSA) is 63.5 Å². The van der Waals surface area contributed by atoms with E-state index < -0.39 is 12.5 Å². The summed E-state index contributed by atoms with van der Waals surface area (Å²) < 4.78 is 35.8. The standard InChI is InChI=1S/C19H13BrF2N2O3S/c20-12-7-5-11(6-8-12)14-9-10-16(26-14)17(25)24-19(28)23-13-3-1-2-4-15(13)27-18(21)22/h1-10,18H,(H2,23,24,25,28). The fraction of sp³-hybridized carbons (Fsp3) is 0.0526. The third-order valence-electron chi connectivity index (χ3n) is 3.54. The summed E-state index contributed by atoms with van der Waals surface area (Å²) in [7, 11) is 0. The Hall–Kier alpha value is -2.78. The van der Waals surface area contributed by atoms with Gasteiger partial charge in [0, 0.05) is 10.0 Å². The molecule has 0 atom stereocenters. The first-order valence-corrected chi connectivity index (χ1v) is 9.14. The second-order valence-electron chi connectivity index (χ2n) is 5.45. The largest absolute Gasteiger partial charge is 0.451 e. The van der Waals surface area contributed by atoms with E-state index in [-0.39, 0.29) is 22.3 Å². The van der Waals surface area contributed by atoms with Gasteiger partial charge in [-0.2, -0.15) is 8.78 Å². The van der Waals surface area contributed by atoms with Gasteiger partial charge in [-0.15, -0.1) is 0 Å². The lowest BCUT2D eigenvalue weighted by molar-refractivity contribution is -0.0493. The fourth-order valence-corrected chi connectivity index (χ4v) is 2.78. The first kappa shape index (κ1) is 20.0. The van der Waals surface area contributed by atoms with E-state index in [2.05, 4.69) is 31.3 Å². The molecule has 0 saturated heterocycles. The lowest BCUT2D eigenvalue weighted by Crippen LogP contribution is -2.34. The molecule has 0 aliphatic carbocycles. The van der Waals surface area contributed by atoms with Crippen LogP contribution in [0.15, 0.2) is 69.6 Å². The van der Waals surface area contributed by atoms with Crippen LogP contribution in [-0.4, -0.2) is 17.6 Å². The highest BCUT2D eigenvalue weighted by Crippen LogP contribution is 2.26. The number of amides is 1. The molecule has 1 heterocycles. The lowest BCUT2D eigenvalue weighted by Gasteiger charge is -2.13. The van der Waals surface area contributed by atoms with E-state index in [4.69, 9.17) is 16.6 Å². The van der Waals surface area contributed by atoms with Crippen LogP contribution in [0.1, 0.15) is 10.6 Å². The normalized spacial score (nSPS) is 10.6. The summed E-state index contributed by atoms with van der Waals surface area (Å²) in [6, 6.07) is 16.6. The average molecular weight is 467 g/mol. The summed E-state index contributed by atoms with van der Waals surface area (Å²) in [5, 5.41) is 5.01. The predicted octanol–water partition coefficient (Wildman–Crippen LogP) is 5.44. The molecule has 3 rings (SSSR count).